The average molecular weight is 382 g/mol. The fourth-order valence-corrected chi connectivity index (χ4v) is 3.76. The number of halogens is 2. The minimum absolute atomic E-state index is 0.102. The first kappa shape index (κ1) is 17.2. The Morgan fingerprint density at radius 3 is 2.67 bits per heavy atom. The molecule has 0 spiro atoms. The van der Waals surface area contributed by atoms with E-state index in [1.165, 1.54) is 6.33 Å². The number of hydrogen-bond acceptors (Lipinski definition) is 5. The van der Waals surface area contributed by atoms with Crippen LogP contribution < -0.4 is 5.32 Å². The van der Waals surface area contributed by atoms with Crippen LogP contribution in [-0.2, 0) is 12.0 Å². The number of aromatic nitrogens is 4. The number of hydrogen-bond donors (Lipinski definition) is 1. The predicted molar refractivity (Wildman–Crippen MR) is 99.5 cm³/mol. The summed E-state index contributed by atoms with van der Waals surface area (Å²) in [4.78, 5) is 8.77. The van der Waals surface area contributed by atoms with E-state index in [2.05, 4.69) is 36.2 Å². The van der Waals surface area contributed by atoms with Crippen molar-refractivity contribution >= 4 is 39.7 Å². The first-order valence-corrected chi connectivity index (χ1v) is 8.96. The molecule has 0 aliphatic rings. The van der Waals surface area contributed by atoms with E-state index in [1.807, 2.05) is 12.1 Å². The topological polar surface area (TPSA) is 55.6 Å². The summed E-state index contributed by atoms with van der Waals surface area (Å²) >= 11 is 13.7. The molecule has 0 aliphatic carbocycles. The second-order valence-corrected chi connectivity index (χ2v) is 8.17. The zero-order valence-corrected chi connectivity index (χ0v) is 15.9. The van der Waals surface area contributed by atoms with Gasteiger partial charge in [0, 0.05) is 22.0 Å². The first-order chi connectivity index (χ1) is 11.3. The maximum Gasteiger partial charge on any atom is 0.185 e. The third kappa shape index (κ3) is 3.71. The van der Waals surface area contributed by atoms with Gasteiger partial charge in [0.1, 0.15) is 17.7 Å². The second kappa shape index (κ2) is 6.70. The lowest BCUT2D eigenvalue weighted by Crippen LogP contribution is -2.15. The van der Waals surface area contributed by atoms with Gasteiger partial charge in [-0.2, -0.15) is 5.10 Å². The molecule has 0 saturated heterocycles. The molecule has 126 valence electrons. The van der Waals surface area contributed by atoms with E-state index < -0.39 is 0 Å². The summed E-state index contributed by atoms with van der Waals surface area (Å²) in [6.45, 7) is 6.96. The van der Waals surface area contributed by atoms with Crippen molar-refractivity contribution in [3.05, 3.63) is 52.2 Å². The van der Waals surface area contributed by atoms with Crippen LogP contribution in [0.1, 0.15) is 32.0 Å². The van der Waals surface area contributed by atoms with Gasteiger partial charge < -0.3 is 5.32 Å². The van der Waals surface area contributed by atoms with Gasteiger partial charge in [0.15, 0.2) is 5.13 Å². The lowest BCUT2D eigenvalue weighted by molar-refractivity contribution is 0.567. The normalized spacial score (nSPS) is 11.7. The SMILES string of the molecule is CC(C)(C)c1nc(NCc2ccc(Cl)cc2Cl)sc1-n1cncn1. The molecular formula is C16H17Cl2N5S. The fourth-order valence-electron chi connectivity index (χ4n) is 2.18. The highest BCUT2D eigenvalue weighted by Crippen LogP contribution is 2.34. The molecule has 0 radical (unpaired) electrons. The van der Waals surface area contributed by atoms with E-state index in [0.29, 0.717) is 16.6 Å². The second-order valence-electron chi connectivity index (χ2n) is 6.35. The van der Waals surface area contributed by atoms with Gasteiger partial charge in [0.25, 0.3) is 0 Å². The minimum atomic E-state index is -0.102. The lowest BCUT2D eigenvalue weighted by atomic mass is 9.92. The van der Waals surface area contributed by atoms with Gasteiger partial charge >= 0.3 is 0 Å². The van der Waals surface area contributed by atoms with Gasteiger partial charge in [0.2, 0.25) is 0 Å². The Morgan fingerprint density at radius 1 is 1.25 bits per heavy atom. The number of benzene rings is 1. The van der Waals surface area contributed by atoms with Gasteiger partial charge in [0.05, 0.1) is 5.69 Å². The predicted octanol–water partition coefficient (Wildman–Crippen LogP) is 4.94. The van der Waals surface area contributed by atoms with Crippen molar-refractivity contribution in [1.82, 2.24) is 19.7 Å². The number of nitrogens with one attached hydrogen (secondary N) is 1. The van der Waals surface area contributed by atoms with E-state index in [4.69, 9.17) is 28.2 Å². The molecule has 3 rings (SSSR count). The molecule has 0 fully saturated rings. The summed E-state index contributed by atoms with van der Waals surface area (Å²) in [5, 5.41) is 10.6. The number of rotatable bonds is 4. The van der Waals surface area contributed by atoms with Gasteiger partial charge in [-0.1, -0.05) is 61.4 Å². The third-order valence-electron chi connectivity index (χ3n) is 3.39. The summed E-state index contributed by atoms with van der Waals surface area (Å²) in [7, 11) is 0. The van der Waals surface area contributed by atoms with Gasteiger partial charge in [-0.3, -0.25) is 0 Å². The van der Waals surface area contributed by atoms with Crippen molar-refractivity contribution in [2.45, 2.75) is 32.7 Å². The fraction of sp³-hybridized carbons (Fsp3) is 0.312. The van der Waals surface area contributed by atoms with Crippen LogP contribution in [0.15, 0.2) is 30.9 Å². The van der Waals surface area contributed by atoms with E-state index in [9.17, 15) is 0 Å². The van der Waals surface area contributed by atoms with E-state index in [1.54, 1.807) is 28.4 Å². The summed E-state index contributed by atoms with van der Waals surface area (Å²) in [5.74, 6) is 0. The molecule has 1 N–H and O–H groups in total. The Morgan fingerprint density at radius 2 is 2.04 bits per heavy atom. The van der Waals surface area contributed by atoms with Crippen LogP contribution in [0.4, 0.5) is 5.13 Å². The van der Waals surface area contributed by atoms with Crippen LogP contribution in [0.2, 0.25) is 10.0 Å². The van der Waals surface area contributed by atoms with E-state index >= 15 is 0 Å². The standard InChI is InChI=1S/C16H17Cl2N5S/c1-16(2,3)13-14(23-9-19-8-21-23)24-15(22-13)20-7-10-4-5-11(17)6-12(10)18/h4-6,8-9H,7H2,1-3H3,(H,20,22). The Balaban J connectivity index is 1.86. The van der Waals surface area contributed by atoms with Crippen LogP contribution in [0.5, 0.6) is 0 Å². The highest BCUT2D eigenvalue weighted by atomic mass is 35.5. The molecule has 2 heterocycles. The molecule has 0 atom stereocenters. The Bertz CT molecular complexity index is 837. The largest absolute Gasteiger partial charge is 0.357 e. The number of nitrogens with zero attached hydrogens (tertiary/aromatic N) is 4. The Hall–Kier alpha value is -1.63. The smallest absolute Gasteiger partial charge is 0.185 e. The molecule has 5 nitrogen and oxygen atoms in total. The van der Waals surface area contributed by atoms with Gasteiger partial charge in [-0.25, -0.2) is 14.6 Å². The molecule has 0 unspecified atom stereocenters. The third-order valence-corrected chi connectivity index (χ3v) is 4.98. The maximum absolute atomic E-state index is 6.22. The number of thiazole rings is 1. The van der Waals surface area contributed by atoms with Crippen LogP contribution in [0.25, 0.3) is 5.00 Å². The van der Waals surface area contributed by atoms with Crippen molar-refractivity contribution in [3.8, 4) is 5.00 Å². The summed E-state index contributed by atoms with van der Waals surface area (Å²) in [6, 6.07) is 5.48. The van der Waals surface area contributed by atoms with Gasteiger partial charge in [-0.15, -0.1) is 0 Å². The molecule has 0 aliphatic heterocycles. The van der Waals surface area contributed by atoms with Crippen LogP contribution in [0.3, 0.4) is 0 Å². The summed E-state index contributed by atoms with van der Waals surface area (Å²) < 4.78 is 1.75. The number of anilines is 1. The molecular weight excluding hydrogens is 365 g/mol. The van der Waals surface area contributed by atoms with Crippen molar-refractivity contribution < 1.29 is 0 Å². The maximum atomic E-state index is 6.22. The molecule has 1 aromatic carbocycles. The van der Waals surface area contributed by atoms with Crippen molar-refractivity contribution in [2.24, 2.45) is 0 Å². The zero-order chi connectivity index (χ0) is 17.3. The zero-order valence-electron chi connectivity index (χ0n) is 13.5. The first-order valence-electron chi connectivity index (χ1n) is 7.38. The van der Waals surface area contributed by atoms with E-state index in [0.717, 1.165) is 21.4 Å². The van der Waals surface area contributed by atoms with Crippen molar-refractivity contribution in [2.75, 3.05) is 5.32 Å². The van der Waals surface area contributed by atoms with Gasteiger partial charge in [-0.05, 0) is 17.7 Å². The van der Waals surface area contributed by atoms with Crippen molar-refractivity contribution in [1.29, 1.82) is 0 Å². The lowest BCUT2D eigenvalue weighted by Gasteiger charge is -2.16. The Labute approximate surface area is 154 Å². The van der Waals surface area contributed by atoms with Crippen LogP contribution in [-0.4, -0.2) is 19.7 Å². The Kier molecular flexibility index (Phi) is 4.80. The highest BCUT2D eigenvalue weighted by Gasteiger charge is 2.25. The summed E-state index contributed by atoms with van der Waals surface area (Å²) in [6.07, 6.45) is 3.20. The van der Waals surface area contributed by atoms with Crippen LogP contribution >= 0.6 is 34.5 Å². The highest BCUT2D eigenvalue weighted by molar-refractivity contribution is 7.18. The molecule has 0 saturated carbocycles. The molecule has 2 aromatic heterocycles. The molecule has 0 bridgehead atoms. The van der Waals surface area contributed by atoms with Crippen molar-refractivity contribution in [3.63, 3.8) is 0 Å². The monoisotopic (exact) mass is 381 g/mol. The average Bonchev–Trinajstić information content (AvgIpc) is 3.14. The summed E-state index contributed by atoms with van der Waals surface area (Å²) in [5.41, 5.74) is 1.84. The quantitative estimate of drug-likeness (QED) is 0.694. The van der Waals surface area contributed by atoms with Crippen LogP contribution in [0, 0.1) is 0 Å². The van der Waals surface area contributed by atoms with E-state index in [-0.39, 0.29) is 5.41 Å². The molecule has 3 aromatic rings. The molecule has 24 heavy (non-hydrogen) atoms. The minimum Gasteiger partial charge on any atom is -0.357 e. The molecule has 8 heteroatoms. The molecule has 0 amide bonds.